The van der Waals surface area contributed by atoms with Gasteiger partial charge in [0.05, 0.1) is 26.1 Å². The maximum Gasteiger partial charge on any atom is 0.254 e. The number of benzene rings is 1. The molecule has 0 atom stereocenters. The van der Waals surface area contributed by atoms with Crippen molar-refractivity contribution in [1.82, 2.24) is 19.6 Å². The van der Waals surface area contributed by atoms with Crippen LogP contribution in [0.5, 0.6) is 11.5 Å². The van der Waals surface area contributed by atoms with Crippen LogP contribution in [0, 0.1) is 0 Å². The van der Waals surface area contributed by atoms with E-state index >= 15 is 0 Å². The van der Waals surface area contributed by atoms with Crippen molar-refractivity contribution in [2.45, 2.75) is 0 Å². The quantitative estimate of drug-likeness (QED) is 0.715. The van der Waals surface area contributed by atoms with Crippen molar-refractivity contribution in [2.75, 3.05) is 14.2 Å². The summed E-state index contributed by atoms with van der Waals surface area (Å²) in [7, 11) is 3.24. The Kier molecular flexibility index (Phi) is 2.75. The number of ether oxygens (including phenoxy) is 2. The second-order valence-electron chi connectivity index (χ2n) is 3.91. The van der Waals surface area contributed by atoms with Gasteiger partial charge in [-0.05, 0) is 12.1 Å². The number of imidazole rings is 1. The largest absolute Gasteiger partial charge is 0.497 e. The molecule has 3 aromatic rings. The molecule has 19 heavy (non-hydrogen) atoms. The van der Waals surface area contributed by atoms with Crippen LogP contribution < -0.4 is 9.47 Å². The zero-order valence-electron chi connectivity index (χ0n) is 10.6. The summed E-state index contributed by atoms with van der Waals surface area (Å²) < 4.78 is 12.4. The van der Waals surface area contributed by atoms with E-state index in [1.165, 1.54) is 0 Å². The minimum Gasteiger partial charge on any atom is -0.497 e. The minimum atomic E-state index is 0.551. The zero-order chi connectivity index (χ0) is 13.2. The Morgan fingerprint density at radius 1 is 1.16 bits per heavy atom. The molecule has 6 heteroatoms. The smallest absolute Gasteiger partial charge is 0.254 e. The van der Waals surface area contributed by atoms with Crippen LogP contribution in [0.25, 0.3) is 17.0 Å². The standard InChI is InChI=1S/C13H12N4O2/c1-18-9-3-4-10(12(7-9)19-2)11-8-17-6-5-14-16-13(17)15-11/h3-8H,1-2H3. The van der Waals surface area contributed by atoms with Gasteiger partial charge in [-0.2, -0.15) is 5.10 Å². The van der Waals surface area contributed by atoms with Gasteiger partial charge in [-0.3, -0.25) is 4.40 Å². The van der Waals surface area contributed by atoms with Crippen molar-refractivity contribution in [1.29, 1.82) is 0 Å². The highest BCUT2D eigenvalue weighted by Crippen LogP contribution is 2.32. The molecule has 3 rings (SSSR count). The average Bonchev–Trinajstić information content (AvgIpc) is 2.90. The maximum atomic E-state index is 5.37. The van der Waals surface area contributed by atoms with Crippen LogP contribution in [0.15, 0.2) is 36.8 Å². The summed E-state index contributed by atoms with van der Waals surface area (Å²) in [6.45, 7) is 0. The van der Waals surface area contributed by atoms with Crippen LogP contribution in [-0.2, 0) is 0 Å². The summed E-state index contributed by atoms with van der Waals surface area (Å²) in [5, 5.41) is 7.76. The Balaban J connectivity index is 2.15. The lowest BCUT2D eigenvalue weighted by atomic mass is 10.1. The third-order valence-corrected chi connectivity index (χ3v) is 2.84. The van der Waals surface area contributed by atoms with Crippen LogP contribution in [-0.4, -0.2) is 33.8 Å². The normalized spacial score (nSPS) is 10.6. The van der Waals surface area contributed by atoms with E-state index < -0.39 is 0 Å². The Bertz CT molecular complexity index is 690. The molecule has 0 fully saturated rings. The summed E-state index contributed by atoms with van der Waals surface area (Å²) in [4.78, 5) is 4.42. The van der Waals surface area contributed by atoms with E-state index in [9.17, 15) is 0 Å². The summed E-state index contributed by atoms with van der Waals surface area (Å²) in [6, 6.07) is 5.60. The third-order valence-electron chi connectivity index (χ3n) is 2.84. The minimum absolute atomic E-state index is 0.551. The number of nitrogens with zero attached hydrogens (tertiary/aromatic N) is 4. The highest BCUT2D eigenvalue weighted by Gasteiger charge is 2.11. The third kappa shape index (κ3) is 1.97. The van der Waals surface area contributed by atoms with E-state index in [0.717, 1.165) is 17.0 Å². The molecular formula is C13H12N4O2. The van der Waals surface area contributed by atoms with Crippen molar-refractivity contribution < 1.29 is 9.47 Å². The van der Waals surface area contributed by atoms with Gasteiger partial charge >= 0.3 is 0 Å². The number of hydrogen-bond acceptors (Lipinski definition) is 5. The van der Waals surface area contributed by atoms with Crippen LogP contribution in [0.1, 0.15) is 0 Å². The fourth-order valence-corrected chi connectivity index (χ4v) is 1.89. The van der Waals surface area contributed by atoms with Gasteiger partial charge < -0.3 is 9.47 Å². The van der Waals surface area contributed by atoms with Crippen LogP contribution in [0.3, 0.4) is 0 Å². The summed E-state index contributed by atoms with van der Waals surface area (Å²) in [5.41, 5.74) is 1.66. The fourth-order valence-electron chi connectivity index (χ4n) is 1.89. The molecule has 0 unspecified atom stereocenters. The first kappa shape index (κ1) is 11.5. The second kappa shape index (κ2) is 4.56. The summed E-state index contributed by atoms with van der Waals surface area (Å²) >= 11 is 0. The molecule has 2 heterocycles. The zero-order valence-corrected chi connectivity index (χ0v) is 10.6. The number of rotatable bonds is 3. The SMILES string of the molecule is COc1ccc(-c2cn3ccnnc3n2)c(OC)c1. The van der Waals surface area contributed by atoms with E-state index in [1.807, 2.05) is 28.8 Å². The molecule has 0 saturated heterocycles. The van der Waals surface area contributed by atoms with Gasteiger partial charge in [0.15, 0.2) is 0 Å². The van der Waals surface area contributed by atoms with Crippen LogP contribution in [0.2, 0.25) is 0 Å². The lowest BCUT2D eigenvalue weighted by molar-refractivity contribution is 0.395. The van der Waals surface area contributed by atoms with Gasteiger partial charge in [0.2, 0.25) is 0 Å². The summed E-state index contributed by atoms with van der Waals surface area (Å²) in [6.07, 6.45) is 5.30. The van der Waals surface area contributed by atoms with Crippen LogP contribution in [0.4, 0.5) is 0 Å². The lowest BCUT2D eigenvalue weighted by Gasteiger charge is -2.08. The van der Waals surface area contributed by atoms with E-state index in [0.29, 0.717) is 11.5 Å². The van der Waals surface area contributed by atoms with Crippen molar-refractivity contribution in [3.05, 3.63) is 36.8 Å². The Morgan fingerprint density at radius 3 is 2.79 bits per heavy atom. The van der Waals surface area contributed by atoms with E-state index in [2.05, 4.69) is 15.2 Å². The molecule has 2 aromatic heterocycles. The van der Waals surface area contributed by atoms with Crippen molar-refractivity contribution >= 4 is 5.78 Å². The van der Waals surface area contributed by atoms with Gasteiger partial charge in [-0.15, -0.1) is 5.10 Å². The number of hydrogen-bond donors (Lipinski definition) is 0. The molecule has 0 saturated carbocycles. The predicted octanol–water partition coefficient (Wildman–Crippen LogP) is 1.81. The highest BCUT2D eigenvalue weighted by molar-refractivity contribution is 5.69. The number of fused-ring (bicyclic) bond motifs is 1. The molecule has 0 aliphatic heterocycles. The second-order valence-corrected chi connectivity index (χ2v) is 3.91. The monoisotopic (exact) mass is 256 g/mol. The Labute approximate surface area is 109 Å². The molecule has 0 aliphatic rings. The molecule has 96 valence electrons. The fraction of sp³-hybridized carbons (Fsp3) is 0.154. The first-order chi connectivity index (χ1) is 9.31. The van der Waals surface area contributed by atoms with Gasteiger partial charge in [-0.25, -0.2) is 4.98 Å². The topological polar surface area (TPSA) is 61.5 Å². The van der Waals surface area contributed by atoms with Crippen molar-refractivity contribution in [3.63, 3.8) is 0 Å². The van der Waals surface area contributed by atoms with E-state index in [1.54, 1.807) is 26.6 Å². The first-order valence-electron chi connectivity index (χ1n) is 5.70. The highest BCUT2D eigenvalue weighted by atomic mass is 16.5. The molecule has 0 aliphatic carbocycles. The molecule has 0 bridgehead atoms. The van der Waals surface area contributed by atoms with E-state index in [-0.39, 0.29) is 0 Å². The summed E-state index contributed by atoms with van der Waals surface area (Å²) in [5.74, 6) is 2.00. The molecular weight excluding hydrogens is 244 g/mol. The van der Waals surface area contributed by atoms with Gasteiger partial charge in [0, 0.05) is 24.0 Å². The van der Waals surface area contributed by atoms with Gasteiger partial charge in [-0.1, -0.05) is 0 Å². The molecule has 1 aromatic carbocycles. The Morgan fingerprint density at radius 2 is 2.05 bits per heavy atom. The average molecular weight is 256 g/mol. The molecule has 0 N–H and O–H groups in total. The molecule has 6 nitrogen and oxygen atoms in total. The molecule has 0 amide bonds. The van der Waals surface area contributed by atoms with Crippen molar-refractivity contribution in [3.8, 4) is 22.8 Å². The lowest BCUT2D eigenvalue weighted by Crippen LogP contribution is -1.90. The first-order valence-corrected chi connectivity index (χ1v) is 5.70. The Hall–Kier alpha value is -2.63. The van der Waals surface area contributed by atoms with Crippen LogP contribution >= 0.6 is 0 Å². The maximum absolute atomic E-state index is 5.37. The number of aromatic nitrogens is 4. The molecule has 0 radical (unpaired) electrons. The van der Waals surface area contributed by atoms with Gasteiger partial charge in [0.1, 0.15) is 11.5 Å². The molecule has 0 spiro atoms. The van der Waals surface area contributed by atoms with Gasteiger partial charge in [0.25, 0.3) is 5.78 Å². The van der Waals surface area contributed by atoms with Crippen molar-refractivity contribution in [2.24, 2.45) is 0 Å². The van der Waals surface area contributed by atoms with E-state index in [4.69, 9.17) is 9.47 Å². The predicted molar refractivity (Wildman–Crippen MR) is 69.3 cm³/mol. The number of methoxy groups -OCH3 is 2.